The van der Waals surface area contributed by atoms with E-state index in [-0.39, 0.29) is 5.82 Å². The smallest absolute Gasteiger partial charge is 0.284 e. The lowest BCUT2D eigenvalue weighted by molar-refractivity contribution is 0.0342. The van der Waals surface area contributed by atoms with Gasteiger partial charge in [-0.05, 0) is 42.0 Å². The topological polar surface area (TPSA) is 99.4 Å². The van der Waals surface area contributed by atoms with Crippen LogP contribution in [0.3, 0.4) is 0 Å². The number of carbonyl (C=O) groups is 1. The minimum absolute atomic E-state index is 0.184. The summed E-state index contributed by atoms with van der Waals surface area (Å²) in [5.74, 6) is 6.68. The second-order valence-corrected chi connectivity index (χ2v) is 8.34. The van der Waals surface area contributed by atoms with Crippen molar-refractivity contribution in [3.8, 4) is 23.2 Å². The molecule has 0 radical (unpaired) electrons. The zero-order chi connectivity index (χ0) is 24.0. The zero-order valence-electron chi connectivity index (χ0n) is 19.2. The number of benzene rings is 2. The molecule has 35 heavy (non-hydrogen) atoms. The number of primary amides is 1. The number of hydrogen-bond donors (Lipinski definition) is 1. The molecular weight excluding hydrogens is 442 g/mol. The number of aromatic nitrogens is 3. The predicted molar refractivity (Wildman–Crippen MR) is 130 cm³/mol. The molecule has 0 bridgehead atoms. The first-order valence-electron chi connectivity index (χ1n) is 11.4. The fourth-order valence-corrected chi connectivity index (χ4v) is 3.93. The average molecular weight is 468 g/mol. The summed E-state index contributed by atoms with van der Waals surface area (Å²) in [6, 6.07) is 18.1. The van der Waals surface area contributed by atoms with Gasteiger partial charge in [0.1, 0.15) is 5.69 Å². The Morgan fingerprint density at radius 3 is 2.34 bits per heavy atom. The van der Waals surface area contributed by atoms with E-state index in [0.29, 0.717) is 18.0 Å². The van der Waals surface area contributed by atoms with E-state index in [1.54, 1.807) is 10.8 Å². The fraction of sp³-hybridized carbons (Fsp3) is 0.222. The summed E-state index contributed by atoms with van der Waals surface area (Å²) in [5, 5.41) is 4.10. The number of amides is 1. The van der Waals surface area contributed by atoms with E-state index in [1.165, 1.54) is 11.8 Å². The highest BCUT2D eigenvalue weighted by molar-refractivity contribution is 5.89. The van der Waals surface area contributed by atoms with Crippen LogP contribution < -0.4 is 5.73 Å². The van der Waals surface area contributed by atoms with Crippen LogP contribution in [-0.4, -0.2) is 51.8 Å². The van der Waals surface area contributed by atoms with E-state index < -0.39 is 5.91 Å². The van der Waals surface area contributed by atoms with Gasteiger partial charge in [-0.2, -0.15) is 0 Å². The monoisotopic (exact) mass is 467 g/mol. The molecule has 1 aliphatic heterocycles. The van der Waals surface area contributed by atoms with E-state index >= 15 is 0 Å². The third-order valence-electron chi connectivity index (χ3n) is 5.81. The number of hydrogen-bond acceptors (Lipinski definition) is 6. The second-order valence-electron chi connectivity index (χ2n) is 8.34. The highest BCUT2D eigenvalue weighted by atomic mass is 16.5. The van der Waals surface area contributed by atoms with Crippen molar-refractivity contribution in [1.82, 2.24) is 19.6 Å². The van der Waals surface area contributed by atoms with Gasteiger partial charge in [0.25, 0.3) is 5.91 Å². The highest BCUT2D eigenvalue weighted by Gasteiger charge is 2.13. The van der Waals surface area contributed by atoms with Crippen LogP contribution >= 0.6 is 0 Å². The number of nitrogens with zero attached hydrogens (tertiary/aromatic N) is 4. The Balaban J connectivity index is 1.21. The molecule has 0 aliphatic carbocycles. The Kier molecular flexibility index (Phi) is 6.70. The Morgan fingerprint density at radius 1 is 0.971 bits per heavy atom. The largest absolute Gasteiger partial charge is 0.379 e. The number of rotatable bonds is 6. The lowest BCUT2D eigenvalue weighted by Crippen LogP contribution is -2.35. The first-order valence-corrected chi connectivity index (χ1v) is 11.4. The van der Waals surface area contributed by atoms with Crippen molar-refractivity contribution in [1.29, 1.82) is 0 Å². The minimum Gasteiger partial charge on any atom is -0.379 e. The first-order chi connectivity index (χ1) is 17.1. The molecule has 176 valence electrons. The third kappa shape index (κ3) is 5.66. The van der Waals surface area contributed by atoms with Crippen molar-refractivity contribution in [2.45, 2.75) is 13.1 Å². The maximum absolute atomic E-state index is 11.4. The number of nitrogens with two attached hydrogens (primary N) is 1. The Bertz CT molecular complexity index is 1350. The van der Waals surface area contributed by atoms with Crippen molar-refractivity contribution in [3.63, 3.8) is 0 Å². The molecule has 4 aromatic rings. The minimum atomic E-state index is -0.584. The summed E-state index contributed by atoms with van der Waals surface area (Å²) in [5.41, 5.74) is 10.1. The molecule has 2 aromatic heterocycles. The molecule has 0 unspecified atom stereocenters. The van der Waals surface area contributed by atoms with Crippen LogP contribution in [0.25, 0.3) is 11.3 Å². The van der Waals surface area contributed by atoms with Crippen LogP contribution in [0.15, 0.2) is 71.5 Å². The van der Waals surface area contributed by atoms with Crippen LogP contribution in [0.1, 0.15) is 33.0 Å². The van der Waals surface area contributed by atoms with E-state index in [4.69, 9.17) is 15.0 Å². The van der Waals surface area contributed by atoms with E-state index in [0.717, 1.165) is 49.5 Å². The molecule has 8 nitrogen and oxygen atoms in total. The Morgan fingerprint density at radius 2 is 1.66 bits per heavy atom. The second kappa shape index (κ2) is 10.4. The average Bonchev–Trinajstić information content (AvgIpc) is 3.55. The number of ether oxygens (including phenoxy) is 1. The lowest BCUT2D eigenvalue weighted by Gasteiger charge is -2.26. The predicted octanol–water partition coefficient (Wildman–Crippen LogP) is 2.92. The summed E-state index contributed by atoms with van der Waals surface area (Å²) in [4.78, 5) is 17.8. The molecule has 3 heterocycles. The van der Waals surface area contributed by atoms with E-state index in [1.807, 2.05) is 30.3 Å². The Hall–Kier alpha value is -4.19. The van der Waals surface area contributed by atoms with Gasteiger partial charge in [-0.15, -0.1) is 0 Å². The maximum Gasteiger partial charge on any atom is 0.284 e. The summed E-state index contributed by atoms with van der Waals surface area (Å²) in [7, 11) is 0. The van der Waals surface area contributed by atoms with Crippen molar-refractivity contribution in [3.05, 3.63) is 95.2 Å². The van der Waals surface area contributed by atoms with E-state index in [2.05, 4.69) is 51.1 Å². The quantitative estimate of drug-likeness (QED) is 0.438. The molecular formula is C27H25N5O3. The van der Waals surface area contributed by atoms with Crippen LogP contribution in [0.4, 0.5) is 0 Å². The van der Waals surface area contributed by atoms with Gasteiger partial charge in [0.05, 0.1) is 19.8 Å². The van der Waals surface area contributed by atoms with Gasteiger partial charge in [0, 0.05) is 54.8 Å². The van der Waals surface area contributed by atoms with Gasteiger partial charge < -0.3 is 19.6 Å². The van der Waals surface area contributed by atoms with Crippen LogP contribution in [0, 0.1) is 11.8 Å². The molecule has 1 saturated heterocycles. The molecule has 2 aromatic carbocycles. The first kappa shape index (κ1) is 22.6. The van der Waals surface area contributed by atoms with Crippen molar-refractivity contribution in [2.24, 2.45) is 5.73 Å². The summed E-state index contributed by atoms with van der Waals surface area (Å²) in [6.45, 7) is 4.86. The highest BCUT2D eigenvalue weighted by Crippen LogP contribution is 2.21. The van der Waals surface area contributed by atoms with E-state index in [9.17, 15) is 4.79 Å². The molecule has 1 aliphatic rings. The molecule has 5 rings (SSSR count). The lowest BCUT2D eigenvalue weighted by atomic mass is 10.1. The number of carbonyl (C=O) groups excluding carboxylic acids is 1. The third-order valence-corrected chi connectivity index (χ3v) is 5.81. The molecule has 2 N–H and O–H groups in total. The molecule has 1 fully saturated rings. The zero-order valence-corrected chi connectivity index (χ0v) is 19.2. The van der Waals surface area contributed by atoms with Gasteiger partial charge in [-0.25, -0.2) is 4.98 Å². The van der Waals surface area contributed by atoms with Crippen molar-refractivity contribution >= 4 is 5.91 Å². The molecule has 1 amide bonds. The molecule has 0 saturated carbocycles. The normalized spacial score (nSPS) is 13.8. The van der Waals surface area contributed by atoms with Crippen molar-refractivity contribution in [2.75, 3.05) is 26.3 Å². The van der Waals surface area contributed by atoms with Gasteiger partial charge >= 0.3 is 0 Å². The van der Waals surface area contributed by atoms with Gasteiger partial charge in [-0.3, -0.25) is 9.69 Å². The van der Waals surface area contributed by atoms with Gasteiger partial charge in [0.2, 0.25) is 0 Å². The van der Waals surface area contributed by atoms with Gasteiger partial charge in [-0.1, -0.05) is 29.1 Å². The van der Waals surface area contributed by atoms with Crippen LogP contribution in [0.2, 0.25) is 0 Å². The molecule has 8 heteroatoms. The fourth-order valence-electron chi connectivity index (χ4n) is 3.93. The number of morpholine rings is 1. The summed E-state index contributed by atoms with van der Waals surface area (Å²) < 4.78 is 12.5. The van der Waals surface area contributed by atoms with Crippen LogP contribution in [-0.2, 0) is 17.8 Å². The molecule has 0 atom stereocenters. The van der Waals surface area contributed by atoms with Gasteiger partial charge in [0.15, 0.2) is 11.6 Å². The number of imidazole rings is 1. The summed E-state index contributed by atoms with van der Waals surface area (Å²) in [6.07, 6.45) is 3.21. The van der Waals surface area contributed by atoms with Crippen LogP contribution in [0.5, 0.6) is 0 Å². The molecule has 0 spiro atoms. The SMILES string of the molecule is NC(=O)c1nccn1Cc1cc(-c2ccc(C#Cc3ccc(CN4CCOCC4)cc3)cc2)on1. The summed E-state index contributed by atoms with van der Waals surface area (Å²) >= 11 is 0. The van der Waals surface area contributed by atoms with Crippen molar-refractivity contribution < 1.29 is 14.1 Å². The Labute approximate surface area is 203 Å². The maximum atomic E-state index is 11.4. The standard InChI is InChI=1S/C27H25N5O3/c28-26(33)27-29-11-12-32(27)19-24-17-25(35-30-24)23-9-7-21(8-10-23)2-1-20-3-5-22(6-4-20)18-31-13-15-34-16-14-31/h3-12,17H,13-16,18-19H2,(H2,28,33).